The Labute approximate surface area is 126 Å². The fraction of sp³-hybridized carbons (Fsp3) is 0.143. The quantitative estimate of drug-likeness (QED) is 0.389. The van der Waals surface area contributed by atoms with Crippen molar-refractivity contribution in [3.05, 3.63) is 63.2 Å². The molecule has 104 valence electrons. The third-order valence-electron chi connectivity index (χ3n) is 2.79. The van der Waals surface area contributed by atoms with E-state index in [0.29, 0.717) is 22.9 Å². The molecule has 0 heterocycles. The zero-order valence-corrected chi connectivity index (χ0v) is 12.2. The monoisotopic (exact) mass is 308 g/mol. The maximum absolute atomic E-state index is 10.9. The third-order valence-corrected chi connectivity index (χ3v) is 4.10. The number of nitro benzene ring substituents is 1. The summed E-state index contributed by atoms with van der Waals surface area (Å²) in [6, 6.07) is 12.1. The first-order valence-corrected chi connectivity index (χ1v) is 7.34. The van der Waals surface area contributed by atoms with Gasteiger partial charge in [-0.25, -0.2) is 0 Å². The Morgan fingerprint density at radius 2 is 2.00 bits per heavy atom. The van der Waals surface area contributed by atoms with E-state index in [1.165, 1.54) is 6.07 Å². The number of benzene rings is 2. The number of nitrogen functional groups attached to an aromatic ring is 1. The van der Waals surface area contributed by atoms with Gasteiger partial charge < -0.3 is 5.73 Å². The van der Waals surface area contributed by atoms with Crippen molar-refractivity contribution in [3.8, 4) is 0 Å². The van der Waals surface area contributed by atoms with Gasteiger partial charge in [0, 0.05) is 33.0 Å². The Kier molecular flexibility index (Phi) is 4.87. The zero-order valence-electron chi connectivity index (χ0n) is 10.6. The second-order valence-electron chi connectivity index (χ2n) is 4.17. The molecule has 0 saturated carbocycles. The number of nitrogens with two attached hydrogens (primary N) is 1. The van der Waals surface area contributed by atoms with Crippen LogP contribution in [0.3, 0.4) is 0 Å². The Morgan fingerprint density at radius 1 is 1.25 bits per heavy atom. The predicted molar refractivity (Wildman–Crippen MR) is 83.4 cm³/mol. The predicted octanol–water partition coefficient (Wildman–Crippen LogP) is 4.17. The summed E-state index contributed by atoms with van der Waals surface area (Å²) in [6.45, 7) is 0. The fourth-order valence-electron chi connectivity index (χ4n) is 1.80. The van der Waals surface area contributed by atoms with Crippen molar-refractivity contribution in [2.75, 3.05) is 11.5 Å². The number of para-hydroxylation sites is 1. The normalized spacial score (nSPS) is 10.4. The van der Waals surface area contributed by atoms with Gasteiger partial charge in [0.1, 0.15) is 0 Å². The number of nitrogens with zero attached hydrogens (tertiary/aromatic N) is 1. The summed E-state index contributed by atoms with van der Waals surface area (Å²) in [5.41, 5.74) is 7.41. The molecule has 2 aromatic carbocycles. The van der Waals surface area contributed by atoms with E-state index in [1.54, 1.807) is 48.2 Å². The maximum atomic E-state index is 10.9. The lowest BCUT2D eigenvalue weighted by molar-refractivity contribution is -0.385. The SMILES string of the molecule is Nc1ccc(Cl)cc1SCCc1ccccc1[N+](=O)[O-]. The first-order valence-electron chi connectivity index (χ1n) is 5.98. The molecule has 0 aliphatic rings. The highest BCUT2D eigenvalue weighted by atomic mass is 35.5. The number of hydrogen-bond acceptors (Lipinski definition) is 4. The molecule has 0 radical (unpaired) electrons. The lowest BCUT2D eigenvalue weighted by Gasteiger charge is -2.06. The van der Waals surface area contributed by atoms with Crippen LogP contribution in [-0.2, 0) is 6.42 Å². The minimum Gasteiger partial charge on any atom is -0.398 e. The highest BCUT2D eigenvalue weighted by Gasteiger charge is 2.12. The van der Waals surface area contributed by atoms with E-state index in [1.807, 2.05) is 0 Å². The standard InChI is InChI=1S/C14H13ClN2O2S/c15-11-5-6-12(16)14(9-11)20-8-7-10-3-1-2-4-13(10)17(18)19/h1-6,9H,7-8,16H2. The first kappa shape index (κ1) is 14.7. The number of hydrogen-bond donors (Lipinski definition) is 1. The molecule has 0 spiro atoms. The van der Waals surface area contributed by atoms with Gasteiger partial charge in [-0.05, 0) is 24.6 Å². The lowest BCUT2D eigenvalue weighted by atomic mass is 10.1. The summed E-state index contributed by atoms with van der Waals surface area (Å²) in [4.78, 5) is 11.5. The van der Waals surface area contributed by atoms with Gasteiger partial charge in [-0.2, -0.15) is 0 Å². The number of nitro groups is 1. The van der Waals surface area contributed by atoms with Gasteiger partial charge in [-0.1, -0.05) is 29.8 Å². The van der Waals surface area contributed by atoms with Crippen LogP contribution in [-0.4, -0.2) is 10.7 Å². The topological polar surface area (TPSA) is 69.2 Å². The molecule has 0 bridgehead atoms. The van der Waals surface area contributed by atoms with Gasteiger partial charge in [0.15, 0.2) is 0 Å². The Bertz CT molecular complexity index is 634. The first-order chi connectivity index (χ1) is 9.58. The highest BCUT2D eigenvalue weighted by molar-refractivity contribution is 7.99. The summed E-state index contributed by atoms with van der Waals surface area (Å²) >= 11 is 7.47. The second kappa shape index (κ2) is 6.63. The van der Waals surface area contributed by atoms with Gasteiger partial charge in [0.05, 0.1) is 4.92 Å². The molecule has 0 aliphatic heterocycles. The average Bonchev–Trinajstić information content (AvgIpc) is 2.43. The van der Waals surface area contributed by atoms with E-state index in [-0.39, 0.29) is 10.6 Å². The Morgan fingerprint density at radius 3 is 2.75 bits per heavy atom. The maximum Gasteiger partial charge on any atom is 0.272 e. The second-order valence-corrected chi connectivity index (χ2v) is 5.74. The molecule has 2 aromatic rings. The molecule has 0 saturated heterocycles. The molecule has 6 heteroatoms. The van der Waals surface area contributed by atoms with Crippen LogP contribution in [0.1, 0.15) is 5.56 Å². The summed E-state index contributed by atoms with van der Waals surface area (Å²) in [5.74, 6) is 0.704. The third kappa shape index (κ3) is 3.65. The van der Waals surface area contributed by atoms with E-state index < -0.39 is 0 Å². The number of anilines is 1. The summed E-state index contributed by atoms with van der Waals surface area (Å²) in [7, 11) is 0. The molecule has 0 unspecified atom stereocenters. The molecule has 0 aromatic heterocycles. The van der Waals surface area contributed by atoms with Crippen molar-refractivity contribution in [1.82, 2.24) is 0 Å². The van der Waals surface area contributed by atoms with Crippen molar-refractivity contribution < 1.29 is 4.92 Å². The van der Waals surface area contributed by atoms with E-state index in [9.17, 15) is 10.1 Å². The van der Waals surface area contributed by atoms with Crippen molar-refractivity contribution >= 4 is 34.7 Å². The summed E-state index contributed by atoms with van der Waals surface area (Å²) < 4.78 is 0. The molecule has 20 heavy (non-hydrogen) atoms. The van der Waals surface area contributed by atoms with Gasteiger partial charge in [0.2, 0.25) is 0 Å². The Balaban J connectivity index is 2.03. The molecule has 0 atom stereocenters. The van der Waals surface area contributed by atoms with Gasteiger partial charge >= 0.3 is 0 Å². The molecule has 0 aliphatic carbocycles. The largest absolute Gasteiger partial charge is 0.398 e. The van der Waals surface area contributed by atoms with Crippen LogP contribution in [0.5, 0.6) is 0 Å². The smallest absolute Gasteiger partial charge is 0.272 e. The van der Waals surface area contributed by atoms with Crippen molar-refractivity contribution in [3.63, 3.8) is 0 Å². The Hall–Kier alpha value is -1.72. The van der Waals surface area contributed by atoms with Crippen molar-refractivity contribution in [2.24, 2.45) is 0 Å². The van der Waals surface area contributed by atoms with Gasteiger partial charge in [-0.3, -0.25) is 10.1 Å². The minimum atomic E-state index is -0.353. The van der Waals surface area contributed by atoms with Crippen LogP contribution in [0, 0.1) is 10.1 Å². The highest BCUT2D eigenvalue weighted by Crippen LogP contribution is 2.29. The van der Waals surface area contributed by atoms with Gasteiger partial charge in [0.25, 0.3) is 5.69 Å². The number of thioether (sulfide) groups is 1. The van der Waals surface area contributed by atoms with Crippen LogP contribution in [0.25, 0.3) is 0 Å². The molecule has 4 nitrogen and oxygen atoms in total. The number of rotatable bonds is 5. The van der Waals surface area contributed by atoms with Crippen molar-refractivity contribution in [1.29, 1.82) is 0 Å². The average molecular weight is 309 g/mol. The number of aryl methyl sites for hydroxylation is 1. The molecule has 2 N–H and O–H groups in total. The molecular weight excluding hydrogens is 296 g/mol. The van der Waals surface area contributed by atoms with Crippen LogP contribution < -0.4 is 5.73 Å². The minimum absolute atomic E-state index is 0.159. The summed E-state index contributed by atoms with van der Waals surface area (Å²) in [6.07, 6.45) is 0.605. The molecular formula is C14H13ClN2O2S. The molecule has 0 fully saturated rings. The van der Waals surface area contributed by atoms with Crippen LogP contribution >= 0.6 is 23.4 Å². The van der Waals surface area contributed by atoms with Crippen LogP contribution in [0.15, 0.2) is 47.4 Å². The number of halogens is 1. The van der Waals surface area contributed by atoms with E-state index in [2.05, 4.69) is 0 Å². The molecule has 0 amide bonds. The van der Waals surface area contributed by atoms with Crippen LogP contribution in [0.2, 0.25) is 5.02 Å². The fourth-order valence-corrected chi connectivity index (χ4v) is 3.03. The van der Waals surface area contributed by atoms with Crippen molar-refractivity contribution in [2.45, 2.75) is 11.3 Å². The molecule has 2 rings (SSSR count). The van der Waals surface area contributed by atoms with Gasteiger partial charge in [-0.15, -0.1) is 11.8 Å². The lowest BCUT2D eigenvalue weighted by Crippen LogP contribution is -1.97. The van der Waals surface area contributed by atoms with E-state index in [4.69, 9.17) is 17.3 Å². The summed E-state index contributed by atoms with van der Waals surface area (Å²) in [5, 5.41) is 11.5. The van der Waals surface area contributed by atoms with E-state index >= 15 is 0 Å². The van der Waals surface area contributed by atoms with Crippen LogP contribution in [0.4, 0.5) is 11.4 Å². The van der Waals surface area contributed by atoms with E-state index in [0.717, 1.165) is 10.5 Å². The zero-order chi connectivity index (χ0) is 14.5.